The van der Waals surface area contributed by atoms with E-state index in [2.05, 4.69) is 66.2 Å². The SMILES string of the molecule is COc1ccc(NC(=O)C2(N(Cc3cccnc3)C(=O)C[C@H]3[C@@H](c4c(C)[nH]c5ccccc45)C3(C)C)CCN(C)CC2)c(OC)c1. The first-order valence-electron chi connectivity index (χ1n) is 16.1. The molecule has 1 aliphatic carbocycles. The Morgan fingerprint density at radius 3 is 2.52 bits per heavy atom. The van der Waals surface area contributed by atoms with Gasteiger partial charge in [0.15, 0.2) is 0 Å². The number of nitrogens with one attached hydrogen (secondary N) is 2. The molecule has 9 heteroatoms. The fraction of sp³-hybridized carbons (Fsp3) is 0.432. The molecule has 2 aliphatic rings. The third-order valence-corrected chi connectivity index (χ3v) is 10.5. The van der Waals surface area contributed by atoms with Crippen LogP contribution in [0.5, 0.6) is 11.5 Å². The van der Waals surface area contributed by atoms with Crippen LogP contribution >= 0.6 is 0 Å². The van der Waals surface area contributed by atoms with Crippen LogP contribution in [0.4, 0.5) is 5.69 Å². The van der Waals surface area contributed by atoms with Crippen LogP contribution in [0.2, 0.25) is 0 Å². The van der Waals surface area contributed by atoms with Gasteiger partial charge in [-0.1, -0.05) is 38.1 Å². The van der Waals surface area contributed by atoms with E-state index in [0.717, 1.165) is 16.8 Å². The molecule has 242 valence electrons. The Labute approximate surface area is 271 Å². The van der Waals surface area contributed by atoms with Crippen molar-refractivity contribution in [2.75, 3.05) is 39.7 Å². The highest BCUT2D eigenvalue weighted by atomic mass is 16.5. The average Bonchev–Trinajstić information content (AvgIpc) is 3.41. The van der Waals surface area contributed by atoms with Crippen molar-refractivity contribution in [2.24, 2.45) is 11.3 Å². The normalized spacial score (nSPS) is 20.2. The van der Waals surface area contributed by atoms with Crippen molar-refractivity contribution in [3.8, 4) is 11.5 Å². The van der Waals surface area contributed by atoms with E-state index in [9.17, 15) is 9.59 Å². The lowest BCUT2D eigenvalue weighted by atomic mass is 9.83. The number of piperidine rings is 1. The number of likely N-dealkylation sites (tertiary alicyclic amines) is 1. The average molecular weight is 624 g/mol. The van der Waals surface area contributed by atoms with Gasteiger partial charge in [0, 0.05) is 61.1 Å². The molecule has 2 N–H and O–H groups in total. The van der Waals surface area contributed by atoms with Crippen molar-refractivity contribution in [3.05, 3.63) is 83.8 Å². The van der Waals surface area contributed by atoms with Gasteiger partial charge in [-0.3, -0.25) is 14.6 Å². The maximum atomic E-state index is 14.8. The Kier molecular flexibility index (Phi) is 8.55. The number of amides is 2. The van der Waals surface area contributed by atoms with Gasteiger partial charge in [0.05, 0.1) is 19.9 Å². The fourth-order valence-electron chi connectivity index (χ4n) is 7.60. The molecule has 0 spiro atoms. The number of rotatable bonds is 10. The van der Waals surface area contributed by atoms with Crippen molar-refractivity contribution in [3.63, 3.8) is 0 Å². The summed E-state index contributed by atoms with van der Waals surface area (Å²) in [6, 6.07) is 17.6. The van der Waals surface area contributed by atoms with Crippen LogP contribution in [0.25, 0.3) is 10.9 Å². The van der Waals surface area contributed by atoms with Crippen molar-refractivity contribution < 1.29 is 19.1 Å². The number of aryl methyl sites for hydroxylation is 1. The van der Waals surface area contributed by atoms with Crippen molar-refractivity contribution in [1.82, 2.24) is 19.8 Å². The summed E-state index contributed by atoms with van der Waals surface area (Å²) < 4.78 is 11.0. The maximum Gasteiger partial charge on any atom is 0.250 e. The molecule has 1 saturated carbocycles. The highest BCUT2D eigenvalue weighted by molar-refractivity contribution is 6.01. The first-order chi connectivity index (χ1) is 22.1. The van der Waals surface area contributed by atoms with Crippen LogP contribution in [0.3, 0.4) is 0 Å². The van der Waals surface area contributed by atoms with E-state index in [4.69, 9.17) is 9.47 Å². The van der Waals surface area contributed by atoms with E-state index in [1.165, 1.54) is 10.9 Å². The number of carbonyl (C=O) groups is 2. The van der Waals surface area contributed by atoms with Crippen LogP contribution in [0.15, 0.2) is 67.0 Å². The number of hydrogen-bond donors (Lipinski definition) is 2. The van der Waals surface area contributed by atoms with Gasteiger partial charge in [-0.15, -0.1) is 0 Å². The number of pyridine rings is 1. The molecule has 1 saturated heterocycles. The van der Waals surface area contributed by atoms with Gasteiger partial charge in [-0.25, -0.2) is 0 Å². The number of ether oxygens (including phenoxy) is 2. The zero-order valence-electron chi connectivity index (χ0n) is 27.7. The van der Waals surface area contributed by atoms with Crippen LogP contribution in [-0.2, 0) is 16.1 Å². The number of anilines is 1. The van der Waals surface area contributed by atoms with Crippen LogP contribution < -0.4 is 14.8 Å². The number of H-pyrrole nitrogens is 1. The van der Waals surface area contributed by atoms with Crippen molar-refractivity contribution in [2.45, 2.75) is 58.0 Å². The van der Waals surface area contributed by atoms with Gasteiger partial charge >= 0.3 is 0 Å². The summed E-state index contributed by atoms with van der Waals surface area (Å²) >= 11 is 0. The van der Waals surface area contributed by atoms with E-state index in [0.29, 0.717) is 56.1 Å². The Hall–Kier alpha value is -4.37. The van der Waals surface area contributed by atoms with Crippen molar-refractivity contribution >= 4 is 28.4 Å². The monoisotopic (exact) mass is 623 g/mol. The molecule has 2 aromatic carbocycles. The van der Waals surface area contributed by atoms with Crippen molar-refractivity contribution in [1.29, 1.82) is 0 Å². The molecule has 9 nitrogen and oxygen atoms in total. The second-order valence-electron chi connectivity index (χ2n) is 13.5. The molecule has 0 radical (unpaired) electrons. The largest absolute Gasteiger partial charge is 0.497 e. The zero-order valence-corrected chi connectivity index (χ0v) is 27.7. The fourth-order valence-corrected chi connectivity index (χ4v) is 7.60. The van der Waals surface area contributed by atoms with E-state index in [-0.39, 0.29) is 29.1 Å². The lowest BCUT2D eigenvalue weighted by Gasteiger charge is -2.47. The molecule has 0 unspecified atom stereocenters. The number of aromatic amines is 1. The highest BCUT2D eigenvalue weighted by Gasteiger charge is 2.60. The minimum absolute atomic E-state index is 0.0108. The first-order valence-corrected chi connectivity index (χ1v) is 16.1. The summed E-state index contributed by atoms with van der Waals surface area (Å²) in [5, 5.41) is 4.37. The third-order valence-electron chi connectivity index (χ3n) is 10.5. The number of benzene rings is 2. The Bertz CT molecular complexity index is 1720. The number of carbonyl (C=O) groups excluding carboxylic acids is 2. The third kappa shape index (κ3) is 5.73. The predicted molar refractivity (Wildman–Crippen MR) is 180 cm³/mol. The number of hydrogen-bond acceptors (Lipinski definition) is 6. The van der Waals surface area contributed by atoms with Gasteiger partial charge in [0.2, 0.25) is 5.91 Å². The highest BCUT2D eigenvalue weighted by Crippen LogP contribution is 2.67. The lowest BCUT2D eigenvalue weighted by molar-refractivity contribution is -0.150. The summed E-state index contributed by atoms with van der Waals surface area (Å²) in [6.45, 7) is 8.33. The molecule has 4 aromatic rings. The summed E-state index contributed by atoms with van der Waals surface area (Å²) in [4.78, 5) is 41.3. The molecule has 2 aromatic heterocycles. The van der Waals surface area contributed by atoms with E-state index in [1.54, 1.807) is 44.8 Å². The number of nitrogens with zero attached hydrogens (tertiary/aromatic N) is 3. The predicted octanol–water partition coefficient (Wildman–Crippen LogP) is 6.15. The first kappa shape index (κ1) is 31.6. The number of para-hydroxylation sites is 1. The van der Waals surface area contributed by atoms with Gasteiger partial charge < -0.3 is 29.6 Å². The Balaban J connectivity index is 1.35. The molecular weight excluding hydrogens is 578 g/mol. The smallest absolute Gasteiger partial charge is 0.250 e. The number of methoxy groups -OCH3 is 2. The molecule has 2 amide bonds. The van der Waals surface area contributed by atoms with Crippen LogP contribution in [-0.4, -0.2) is 71.5 Å². The maximum absolute atomic E-state index is 14.8. The summed E-state index contributed by atoms with van der Waals surface area (Å²) in [5.74, 6) is 1.28. The minimum Gasteiger partial charge on any atom is -0.497 e. The number of aromatic nitrogens is 2. The lowest BCUT2D eigenvalue weighted by Crippen LogP contribution is -2.62. The van der Waals surface area contributed by atoms with Gasteiger partial charge in [-0.2, -0.15) is 0 Å². The minimum atomic E-state index is -1.06. The molecule has 2 atom stereocenters. The summed E-state index contributed by atoms with van der Waals surface area (Å²) in [7, 11) is 5.22. The molecule has 46 heavy (non-hydrogen) atoms. The number of fused-ring (bicyclic) bond motifs is 1. The van der Waals surface area contributed by atoms with Gasteiger partial charge in [0.1, 0.15) is 17.0 Å². The van der Waals surface area contributed by atoms with E-state index < -0.39 is 5.54 Å². The zero-order chi connectivity index (χ0) is 32.6. The van der Waals surface area contributed by atoms with Crippen LogP contribution in [0.1, 0.15) is 55.8 Å². The topological polar surface area (TPSA) is 99.8 Å². The second-order valence-corrected chi connectivity index (χ2v) is 13.5. The van der Waals surface area contributed by atoms with E-state index in [1.807, 2.05) is 23.1 Å². The molecule has 6 rings (SSSR count). The molecular formula is C37H45N5O4. The van der Waals surface area contributed by atoms with Gasteiger partial charge in [0.25, 0.3) is 5.91 Å². The molecule has 0 bridgehead atoms. The Morgan fingerprint density at radius 1 is 1.07 bits per heavy atom. The molecule has 1 aliphatic heterocycles. The molecule has 2 fully saturated rings. The van der Waals surface area contributed by atoms with Gasteiger partial charge in [-0.05, 0) is 79.5 Å². The Morgan fingerprint density at radius 2 is 1.83 bits per heavy atom. The standard InChI is InChI=1S/C37H45N5O4/c1-24-33(27-11-7-8-12-29(27)39-24)34-28(36(34,2)3)21-32(43)42(23-25-10-9-17-38-22-25)37(15-18-41(4)19-16-37)35(44)40-30-14-13-26(45-5)20-31(30)46-6/h7-14,17,20,22,28,34,39H,15-16,18-19,21,23H2,1-6H3,(H,40,44)/t28-,34-/m0/s1. The molecule has 3 heterocycles. The summed E-state index contributed by atoms with van der Waals surface area (Å²) in [5.41, 5.74) is 3.88. The quantitative estimate of drug-likeness (QED) is 0.220. The summed E-state index contributed by atoms with van der Waals surface area (Å²) in [6.07, 6.45) is 4.89. The van der Waals surface area contributed by atoms with E-state index >= 15 is 0 Å². The second kappa shape index (κ2) is 12.4. The van der Waals surface area contributed by atoms with Crippen LogP contribution in [0, 0.1) is 18.3 Å².